The number of carbonyl (C=O) groups excluding carboxylic acids is 2. The van der Waals surface area contributed by atoms with Crippen LogP contribution in [0, 0.1) is 5.92 Å². The van der Waals surface area contributed by atoms with Gasteiger partial charge in [0.15, 0.2) is 0 Å². The molecule has 2 amide bonds. The third-order valence-electron chi connectivity index (χ3n) is 4.98. The first-order chi connectivity index (χ1) is 9.60. The van der Waals surface area contributed by atoms with E-state index in [1.165, 1.54) is 19.8 Å². The standard InChI is InChI=1S/C15H25N3O2/c1-10(19)16-14-4-5-18(9-14)15(20)8-11-6-12-2-3-13(7-11)17-12/h11-14,17H,2-9H2,1H3,(H,16,19). The number of nitrogens with zero attached hydrogens (tertiary/aromatic N) is 1. The molecular weight excluding hydrogens is 254 g/mol. The smallest absolute Gasteiger partial charge is 0.222 e. The highest BCUT2D eigenvalue weighted by Crippen LogP contribution is 2.33. The van der Waals surface area contributed by atoms with E-state index in [0.29, 0.717) is 31.0 Å². The van der Waals surface area contributed by atoms with Gasteiger partial charge in [0.2, 0.25) is 11.8 Å². The average molecular weight is 279 g/mol. The molecule has 3 fully saturated rings. The Morgan fingerprint density at radius 3 is 2.55 bits per heavy atom. The maximum absolute atomic E-state index is 12.4. The van der Waals surface area contributed by atoms with Crippen LogP contribution in [0.25, 0.3) is 0 Å². The summed E-state index contributed by atoms with van der Waals surface area (Å²) in [5.41, 5.74) is 0. The highest BCUT2D eigenvalue weighted by Gasteiger charge is 2.35. The molecule has 3 rings (SSSR count). The van der Waals surface area contributed by atoms with Gasteiger partial charge in [-0.15, -0.1) is 0 Å². The first-order valence-electron chi connectivity index (χ1n) is 7.91. The summed E-state index contributed by atoms with van der Waals surface area (Å²) < 4.78 is 0. The molecule has 3 saturated heterocycles. The van der Waals surface area contributed by atoms with Crippen LogP contribution in [0.2, 0.25) is 0 Å². The molecule has 5 nitrogen and oxygen atoms in total. The molecule has 112 valence electrons. The van der Waals surface area contributed by atoms with Gasteiger partial charge in [0.1, 0.15) is 0 Å². The van der Waals surface area contributed by atoms with Crippen molar-refractivity contribution in [2.45, 2.75) is 63.6 Å². The Bertz CT molecular complexity index is 387. The molecule has 20 heavy (non-hydrogen) atoms. The van der Waals surface area contributed by atoms with Gasteiger partial charge in [-0.3, -0.25) is 9.59 Å². The molecule has 0 aliphatic carbocycles. The van der Waals surface area contributed by atoms with Crippen LogP contribution in [-0.4, -0.2) is 47.9 Å². The van der Waals surface area contributed by atoms with Crippen LogP contribution in [0.15, 0.2) is 0 Å². The van der Waals surface area contributed by atoms with Crippen LogP contribution in [0.3, 0.4) is 0 Å². The molecule has 0 radical (unpaired) electrons. The van der Waals surface area contributed by atoms with Crippen molar-refractivity contribution in [1.29, 1.82) is 0 Å². The van der Waals surface area contributed by atoms with Crippen molar-refractivity contribution in [1.82, 2.24) is 15.5 Å². The van der Waals surface area contributed by atoms with E-state index < -0.39 is 0 Å². The Morgan fingerprint density at radius 2 is 1.90 bits per heavy atom. The zero-order chi connectivity index (χ0) is 14.1. The minimum Gasteiger partial charge on any atom is -0.352 e. The van der Waals surface area contributed by atoms with E-state index in [9.17, 15) is 9.59 Å². The lowest BCUT2D eigenvalue weighted by Gasteiger charge is -2.29. The molecule has 3 atom stereocenters. The molecule has 0 aromatic heterocycles. The Morgan fingerprint density at radius 1 is 1.20 bits per heavy atom. The van der Waals surface area contributed by atoms with Crippen molar-refractivity contribution in [2.75, 3.05) is 13.1 Å². The maximum atomic E-state index is 12.4. The number of fused-ring (bicyclic) bond motifs is 2. The van der Waals surface area contributed by atoms with Gasteiger partial charge < -0.3 is 15.5 Å². The molecule has 3 aliphatic rings. The Kier molecular flexibility index (Phi) is 3.96. The van der Waals surface area contributed by atoms with Crippen molar-refractivity contribution in [2.24, 2.45) is 5.92 Å². The third-order valence-corrected chi connectivity index (χ3v) is 4.98. The fourth-order valence-corrected chi connectivity index (χ4v) is 4.11. The molecule has 0 aromatic carbocycles. The topological polar surface area (TPSA) is 61.4 Å². The van der Waals surface area contributed by atoms with Crippen LogP contribution in [0.5, 0.6) is 0 Å². The quantitative estimate of drug-likeness (QED) is 0.797. The summed E-state index contributed by atoms with van der Waals surface area (Å²) in [6.07, 6.45) is 6.47. The van der Waals surface area contributed by atoms with Gasteiger partial charge in [0.05, 0.1) is 0 Å². The Labute approximate surface area is 120 Å². The summed E-state index contributed by atoms with van der Waals surface area (Å²) in [5, 5.41) is 6.53. The zero-order valence-corrected chi connectivity index (χ0v) is 12.2. The Balaban J connectivity index is 1.46. The summed E-state index contributed by atoms with van der Waals surface area (Å²) in [4.78, 5) is 25.4. The fraction of sp³-hybridized carbons (Fsp3) is 0.867. The summed E-state index contributed by atoms with van der Waals surface area (Å²) in [6.45, 7) is 3.02. The van der Waals surface area contributed by atoms with Crippen LogP contribution in [0.1, 0.15) is 45.4 Å². The third kappa shape index (κ3) is 3.14. The summed E-state index contributed by atoms with van der Waals surface area (Å²) in [6, 6.07) is 1.45. The average Bonchev–Trinajstić information content (AvgIpc) is 2.96. The van der Waals surface area contributed by atoms with Crippen LogP contribution in [-0.2, 0) is 9.59 Å². The summed E-state index contributed by atoms with van der Waals surface area (Å²) in [5.74, 6) is 0.837. The molecule has 0 spiro atoms. The maximum Gasteiger partial charge on any atom is 0.222 e. The Hall–Kier alpha value is -1.10. The minimum atomic E-state index is -0.000714. The van der Waals surface area contributed by atoms with Gasteiger partial charge in [0, 0.05) is 44.6 Å². The van der Waals surface area contributed by atoms with Gasteiger partial charge >= 0.3 is 0 Å². The number of carbonyl (C=O) groups is 2. The number of piperidine rings is 1. The number of hydrogen-bond donors (Lipinski definition) is 2. The fourth-order valence-electron chi connectivity index (χ4n) is 4.11. The van der Waals surface area contributed by atoms with Gasteiger partial charge in [-0.25, -0.2) is 0 Å². The first kappa shape index (κ1) is 13.9. The number of amides is 2. The molecule has 3 aliphatic heterocycles. The highest BCUT2D eigenvalue weighted by molar-refractivity contribution is 5.77. The predicted octanol–water partition coefficient (Wildman–Crippen LogP) is 0.644. The zero-order valence-electron chi connectivity index (χ0n) is 12.2. The van der Waals surface area contributed by atoms with E-state index in [4.69, 9.17) is 0 Å². The highest BCUT2D eigenvalue weighted by atomic mass is 16.2. The largest absolute Gasteiger partial charge is 0.352 e. The van der Waals surface area contributed by atoms with Crippen LogP contribution >= 0.6 is 0 Å². The number of likely N-dealkylation sites (tertiary alicyclic amines) is 1. The monoisotopic (exact) mass is 279 g/mol. The van der Waals surface area contributed by atoms with Crippen molar-refractivity contribution in [3.63, 3.8) is 0 Å². The molecule has 3 heterocycles. The SMILES string of the molecule is CC(=O)NC1CCN(C(=O)CC2CC3CCC(C2)N3)C1. The lowest BCUT2D eigenvalue weighted by atomic mass is 9.89. The number of hydrogen-bond acceptors (Lipinski definition) is 3. The second kappa shape index (κ2) is 5.72. The molecular formula is C15H25N3O2. The van der Waals surface area contributed by atoms with Crippen LogP contribution in [0.4, 0.5) is 0 Å². The second-order valence-corrected chi connectivity index (χ2v) is 6.71. The van der Waals surface area contributed by atoms with E-state index in [2.05, 4.69) is 10.6 Å². The van der Waals surface area contributed by atoms with Gasteiger partial charge in [0.25, 0.3) is 0 Å². The first-order valence-corrected chi connectivity index (χ1v) is 7.91. The van der Waals surface area contributed by atoms with Crippen molar-refractivity contribution < 1.29 is 9.59 Å². The summed E-state index contributed by atoms with van der Waals surface area (Å²) >= 11 is 0. The van der Waals surface area contributed by atoms with E-state index >= 15 is 0 Å². The number of nitrogens with one attached hydrogen (secondary N) is 2. The number of rotatable bonds is 3. The van der Waals surface area contributed by atoms with E-state index in [0.717, 1.165) is 25.8 Å². The van der Waals surface area contributed by atoms with E-state index in [1.807, 2.05) is 4.90 Å². The van der Waals surface area contributed by atoms with Crippen molar-refractivity contribution in [3.05, 3.63) is 0 Å². The van der Waals surface area contributed by atoms with Gasteiger partial charge in [-0.2, -0.15) is 0 Å². The molecule has 3 unspecified atom stereocenters. The molecule has 0 aromatic rings. The van der Waals surface area contributed by atoms with Crippen molar-refractivity contribution in [3.8, 4) is 0 Å². The summed E-state index contributed by atoms with van der Waals surface area (Å²) in [7, 11) is 0. The lowest BCUT2D eigenvalue weighted by molar-refractivity contribution is -0.131. The molecule has 2 N–H and O–H groups in total. The predicted molar refractivity (Wildman–Crippen MR) is 76.1 cm³/mol. The molecule has 5 heteroatoms. The van der Waals surface area contributed by atoms with Crippen molar-refractivity contribution >= 4 is 11.8 Å². The molecule has 0 saturated carbocycles. The second-order valence-electron chi connectivity index (χ2n) is 6.71. The van der Waals surface area contributed by atoms with E-state index in [1.54, 1.807) is 0 Å². The lowest BCUT2D eigenvalue weighted by Crippen LogP contribution is -2.41. The minimum absolute atomic E-state index is 0.000714. The van der Waals surface area contributed by atoms with Gasteiger partial charge in [-0.1, -0.05) is 0 Å². The normalized spacial score (nSPS) is 36.1. The van der Waals surface area contributed by atoms with Crippen LogP contribution < -0.4 is 10.6 Å². The van der Waals surface area contributed by atoms with E-state index in [-0.39, 0.29) is 17.9 Å². The molecule has 2 bridgehead atoms. The van der Waals surface area contributed by atoms with Gasteiger partial charge in [-0.05, 0) is 38.0 Å².